The van der Waals surface area contributed by atoms with E-state index >= 15 is 0 Å². The summed E-state index contributed by atoms with van der Waals surface area (Å²) < 4.78 is 4.77. The van der Waals surface area contributed by atoms with Crippen LogP contribution in [0.2, 0.25) is 0 Å². The highest BCUT2D eigenvalue weighted by Crippen LogP contribution is 2.05. The summed E-state index contributed by atoms with van der Waals surface area (Å²) >= 11 is 0. The SMILES string of the molecule is CO[C@@H](CC=O)[C@@H](O)[C@H](C)O. The molecule has 0 saturated heterocycles. The van der Waals surface area contributed by atoms with Gasteiger partial charge in [0.2, 0.25) is 0 Å². The highest BCUT2D eigenvalue weighted by molar-refractivity contribution is 5.50. The number of aliphatic hydroxyl groups excluding tert-OH is 2. The molecule has 0 aromatic carbocycles. The van der Waals surface area contributed by atoms with Crippen molar-refractivity contribution in [3.8, 4) is 0 Å². The van der Waals surface area contributed by atoms with E-state index in [-0.39, 0.29) is 6.42 Å². The summed E-state index contributed by atoms with van der Waals surface area (Å²) in [4.78, 5) is 10.0. The molecule has 0 aromatic heterocycles. The predicted molar refractivity (Wildman–Crippen MR) is 39.2 cm³/mol. The molecule has 0 unspecified atom stereocenters. The Morgan fingerprint density at radius 2 is 2.09 bits per heavy atom. The number of methoxy groups -OCH3 is 1. The summed E-state index contributed by atoms with van der Waals surface area (Å²) in [7, 11) is 1.39. The molecule has 0 aliphatic carbocycles. The molecule has 4 nitrogen and oxygen atoms in total. The van der Waals surface area contributed by atoms with Crippen molar-refractivity contribution in [2.45, 2.75) is 31.7 Å². The molecule has 0 saturated carbocycles. The third kappa shape index (κ3) is 3.46. The first kappa shape index (κ1) is 10.6. The van der Waals surface area contributed by atoms with Crippen LogP contribution in [0.1, 0.15) is 13.3 Å². The van der Waals surface area contributed by atoms with Crippen LogP contribution in [-0.4, -0.2) is 41.9 Å². The van der Waals surface area contributed by atoms with Gasteiger partial charge in [0.05, 0.1) is 12.2 Å². The lowest BCUT2D eigenvalue weighted by atomic mass is 10.1. The van der Waals surface area contributed by atoms with Gasteiger partial charge in [0.25, 0.3) is 0 Å². The minimum atomic E-state index is -0.995. The molecule has 0 fully saturated rings. The van der Waals surface area contributed by atoms with E-state index in [1.165, 1.54) is 14.0 Å². The molecule has 11 heavy (non-hydrogen) atoms. The van der Waals surface area contributed by atoms with Gasteiger partial charge < -0.3 is 19.7 Å². The van der Waals surface area contributed by atoms with Crippen molar-refractivity contribution in [2.75, 3.05) is 7.11 Å². The molecule has 0 spiro atoms. The van der Waals surface area contributed by atoms with E-state index in [2.05, 4.69) is 0 Å². The molecule has 4 heteroatoms. The normalized spacial score (nSPS) is 18.9. The van der Waals surface area contributed by atoms with Gasteiger partial charge in [0.15, 0.2) is 0 Å². The zero-order valence-corrected chi connectivity index (χ0v) is 6.73. The van der Waals surface area contributed by atoms with Crippen molar-refractivity contribution < 1.29 is 19.7 Å². The number of carbonyl (C=O) groups is 1. The lowest BCUT2D eigenvalue weighted by molar-refractivity contribution is -0.115. The minimum absolute atomic E-state index is 0.0998. The van der Waals surface area contributed by atoms with Crippen molar-refractivity contribution in [1.82, 2.24) is 0 Å². The second-order valence-electron chi connectivity index (χ2n) is 2.41. The van der Waals surface area contributed by atoms with Gasteiger partial charge in [-0.1, -0.05) is 0 Å². The average Bonchev–Trinajstić information content (AvgIpc) is 1.98. The van der Waals surface area contributed by atoms with Crippen molar-refractivity contribution >= 4 is 6.29 Å². The van der Waals surface area contributed by atoms with Crippen LogP contribution in [0.25, 0.3) is 0 Å². The molecule has 0 heterocycles. The molecule has 66 valence electrons. The zero-order valence-electron chi connectivity index (χ0n) is 6.73. The predicted octanol–water partition coefficient (Wildman–Crippen LogP) is -0.668. The summed E-state index contributed by atoms with van der Waals surface area (Å²) in [6.07, 6.45) is -1.72. The van der Waals surface area contributed by atoms with E-state index in [0.29, 0.717) is 6.29 Å². The van der Waals surface area contributed by atoms with Gasteiger partial charge in [-0.3, -0.25) is 0 Å². The lowest BCUT2D eigenvalue weighted by Gasteiger charge is -2.21. The monoisotopic (exact) mass is 162 g/mol. The topological polar surface area (TPSA) is 66.8 Å². The molecule has 0 rings (SSSR count). The summed E-state index contributed by atoms with van der Waals surface area (Å²) in [5.74, 6) is 0. The summed E-state index contributed by atoms with van der Waals surface area (Å²) in [6.45, 7) is 1.45. The Hall–Kier alpha value is -0.450. The molecule has 0 aliphatic rings. The van der Waals surface area contributed by atoms with E-state index in [1.54, 1.807) is 0 Å². The molecule has 0 aliphatic heterocycles. The number of aliphatic hydroxyl groups is 2. The molecule has 3 atom stereocenters. The smallest absolute Gasteiger partial charge is 0.122 e. The van der Waals surface area contributed by atoms with Crippen molar-refractivity contribution in [3.63, 3.8) is 0 Å². The quantitative estimate of drug-likeness (QED) is 0.526. The fourth-order valence-electron chi connectivity index (χ4n) is 0.781. The van der Waals surface area contributed by atoms with Crippen LogP contribution in [0.3, 0.4) is 0 Å². The average molecular weight is 162 g/mol. The van der Waals surface area contributed by atoms with Gasteiger partial charge in [-0.25, -0.2) is 0 Å². The van der Waals surface area contributed by atoms with Gasteiger partial charge in [-0.2, -0.15) is 0 Å². The van der Waals surface area contributed by atoms with Crippen molar-refractivity contribution in [3.05, 3.63) is 0 Å². The largest absolute Gasteiger partial charge is 0.391 e. The Balaban J connectivity index is 3.90. The van der Waals surface area contributed by atoms with E-state index in [1.807, 2.05) is 0 Å². The molecule has 0 radical (unpaired) electrons. The van der Waals surface area contributed by atoms with Gasteiger partial charge in [0, 0.05) is 13.5 Å². The number of aldehydes is 1. The first-order chi connectivity index (χ1) is 5.13. The molecule has 0 bridgehead atoms. The standard InChI is InChI=1S/C7H14O4/c1-5(9)7(10)6(11-2)3-4-8/h4-7,9-10H,3H2,1-2H3/t5-,6-,7-/m0/s1. The number of carbonyl (C=O) groups excluding carboxylic acids is 1. The minimum Gasteiger partial charge on any atom is -0.391 e. The molecule has 2 N–H and O–H groups in total. The second kappa shape index (κ2) is 5.23. The Morgan fingerprint density at radius 3 is 2.36 bits per heavy atom. The Kier molecular flexibility index (Phi) is 5.02. The van der Waals surface area contributed by atoms with Crippen LogP contribution in [-0.2, 0) is 9.53 Å². The number of hydrogen-bond acceptors (Lipinski definition) is 4. The van der Waals surface area contributed by atoms with E-state index in [4.69, 9.17) is 9.84 Å². The van der Waals surface area contributed by atoms with Gasteiger partial charge in [-0.05, 0) is 6.92 Å². The second-order valence-corrected chi connectivity index (χ2v) is 2.41. The van der Waals surface area contributed by atoms with Crippen LogP contribution >= 0.6 is 0 Å². The Labute approximate surface area is 65.8 Å². The van der Waals surface area contributed by atoms with Crippen LogP contribution in [0, 0.1) is 0 Å². The highest BCUT2D eigenvalue weighted by atomic mass is 16.5. The molecular weight excluding hydrogens is 148 g/mol. The fourth-order valence-corrected chi connectivity index (χ4v) is 0.781. The van der Waals surface area contributed by atoms with Crippen molar-refractivity contribution in [2.24, 2.45) is 0 Å². The third-order valence-electron chi connectivity index (χ3n) is 1.51. The number of hydrogen-bond donors (Lipinski definition) is 2. The first-order valence-corrected chi connectivity index (χ1v) is 3.46. The summed E-state index contributed by atoms with van der Waals surface area (Å²) in [5, 5.41) is 18.1. The summed E-state index contributed by atoms with van der Waals surface area (Å²) in [5.41, 5.74) is 0. The van der Waals surface area contributed by atoms with E-state index in [0.717, 1.165) is 0 Å². The fraction of sp³-hybridized carbons (Fsp3) is 0.857. The van der Waals surface area contributed by atoms with Crippen LogP contribution in [0.4, 0.5) is 0 Å². The maximum atomic E-state index is 10.0. The summed E-state index contributed by atoms with van der Waals surface area (Å²) in [6, 6.07) is 0. The van der Waals surface area contributed by atoms with Crippen LogP contribution in [0.5, 0.6) is 0 Å². The van der Waals surface area contributed by atoms with E-state index < -0.39 is 18.3 Å². The molecular formula is C7H14O4. The number of ether oxygens (including phenoxy) is 1. The number of rotatable bonds is 5. The van der Waals surface area contributed by atoms with Crippen LogP contribution < -0.4 is 0 Å². The van der Waals surface area contributed by atoms with Crippen LogP contribution in [0.15, 0.2) is 0 Å². The Morgan fingerprint density at radius 1 is 1.55 bits per heavy atom. The first-order valence-electron chi connectivity index (χ1n) is 3.46. The molecule has 0 amide bonds. The highest BCUT2D eigenvalue weighted by Gasteiger charge is 2.22. The molecule has 0 aromatic rings. The maximum Gasteiger partial charge on any atom is 0.122 e. The van der Waals surface area contributed by atoms with E-state index in [9.17, 15) is 9.90 Å². The van der Waals surface area contributed by atoms with Gasteiger partial charge >= 0.3 is 0 Å². The lowest BCUT2D eigenvalue weighted by Crippen LogP contribution is -2.37. The zero-order chi connectivity index (χ0) is 8.85. The van der Waals surface area contributed by atoms with Gasteiger partial charge in [0.1, 0.15) is 12.4 Å². The van der Waals surface area contributed by atoms with Gasteiger partial charge in [-0.15, -0.1) is 0 Å². The van der Waals surface area contributed by atoms with Crippen molar-refractivity contribution in [1.29, 1.82) is 0 Å². The Bertz CT molecular complexity index is 113. The maximum absolute atomic E-state index is 10.0. The third-order valence-corrected chi connectivity index (χ3v) is 1.51.